The summed E-state index contributed by atoms with van der Waals surface area (Å²) in [7, 11) is 0. The molecule has 0 aliphatic heterocycles. The number of hydrogen-bond donors (Lipinski definition) is 1. The van der Waals surface area contributed by atoms with Crippen LogP contribution < -0.4 is 0 Å². The van der Waals surface area contributed by atoms with Crippen molar-refractivity contribution in [1.82, 2.24) is 0 Å². The van der Waals surface area contributed by atoms with Gasteiger partial charge in [0.05, 0.1) is 13.0 Å². The van der Waals surface area contributed by atoms with Crippen LogP contribution in [-0.2, 0) is 25.5 Å². The molecular formula is C14H16O5. The Bertz CT molecular complexity index is 461. The predicted octanol–water partition coefficient (Wildman–Crippen LogP) is 1.42. The Labute approximate surface area is 111 Å². The summed E-state index contributed by atoms with van der Waals surface area (Å²) in [5.41, 5.74) is 0.884. The van der Waals surface area contributed by atoms with Crippen LogP contribution in [0, 0.1) is 0 Å². The summed E-state index contributed by atoms with van der Waals surface area (Å²) in [6.45, 7) is 1.71. The highest BCUT2D eigenvalue weighted by molar-refractivity contribution is 6.37. The number of rotatable bonds is 7. The smallest absolute Gasteiger partial charge is 0.375 e. The maximum Gasteiger partial charge on any atom is 0.375 e. The van der Waals surface area contributed by atoms with Crippen molar-refractivity contribution in [1.29, 1.82) is 0 Å². The maximum atomic E-state index is 11.5. The minimum absolute atomic E-state index is 0.117. The van der Waals surface area contributed by atoms with Crippen LogP contribution in [-0.4, -0.2) is 29.2 Å². The standard InChI is InChI=1S/C14H16O5/c1-2-19-14(18)13(17)9-12(16)8-5-10-3-6-11(15)7-4-10/h3-4,6-7,15H,2,5,8-9H2,1H3. The number of benzene rings is 1. The number of esters is 1. The van der Waals surface area contributed by atoms with Gasteiger partial charge in [-0.15, -0.1) is 0 Å². The third-order valence-electron chi connectivity index (χ3n) is 2.49. The van der Waals surface area contributed by atoms with Crippen molar-refractivity contribution in [3.63, 3.8) is 0 Å². The van der Waals surface area contributed by atoms with Gasteiger partial charge in [0, 0.05) is 6.42 Å². The number of ketones is 2. The molecule has 1 aromatic carbocycles. The highest BCUT2D eigenvalue weighted by Gasteiger charge is 2.18. The van der Waals surface area contributed by atoms with Crippen molar-refractivity contribution >= 4 is 17.5 Å². The van der Waals surface area contributed by atoms with E-state index in [2.05, 4.69) is 4.74 Å². The number of phenols is 1. The third kappa shape index (κ3) is 5.33. The van der Waals surface area contributed by atoms with E-state index in [4.69, 9.17) is 5.11 Å². The molecule has 0 saturated heterocycles. The Morgan fingerprint density at radius 2 is 1.79 bits per heavy atom. The van der Waals surface area contributed by atoms with Gasteiger partial charge in [-0.05, 0) is 31.0 Å². The van der Waals surface area contributed by atoms with E-state index in [1.165, 1.54) is 12.1 Å². The summed E-state index contributed by atoms with van der Waals surface area (Å²) in [5, 5.41) is 9.10. The molecule has 0 heterocycles. The Morgan fingerprint density at radius 3 is 2.37 bits per heavy atom. The molecule has 0 fully saturated rings. The van der Waals surface area contributed by atoms with Crippen LogP contribution in [0.2, 0.25) is 0 Å². The number of Topliss-reactive ketones (excluding diaryl/α,β-unsaturated/α-hetero) is 2. The van der Waals surface area contributed by atoms with Gasteiger partial charge in [-0.3, -0.25) is 9.59 Å². The number of ether oxygens (including phenoxy) is 1. The van der Waals surface area contributed by atoms with E-state index in [0.29, 0.717) is 6.42 Å². The average Bonchev–Trinajstić information content (AvgIpc) is 2.38. The molecule has 19 heavy (non-hydrogen) atoms. The molecule has 0 aliphatic rings. The number of aryl methyl sites for hydroxylation is 1. The van der Waals surface area contributed by atoms with Gasteiger partial charge in [-0.1, -0.05) is 12.1 Å². The van der Waals surface area contributed by atoms with Crippen LogP contribution in [0.25, 0.3) is 0 Å². The van der Waals surface area contributed by atoms with E-state index in [0.717, 1.165) is 5.56 Å². The van der Waals surface area contributed by atoms with Crippen LogP contribution in [0.4, 0.5) is 0 Å². The van der Waals surface area contributed by atoms with Crippen molar-refractivity contribution in [3.8, 4) is 5.75 Å². The molecule has 102 valence electrons. The van der Waals surface area contributed by atoms with E-state index in [9.17, 15) is 14.4 Å². The maximum absolute atomic E-state index is 11.5. The SMILES string of the molecule is CCOC(=O)C(=O)CC(=O)CCc1ccc(O)cc1. The molecule has 0 atom stereocenters. The van der Waals surface area contributed by atoms with Gasteiger partial charge < -0.3 is 9.84 Å². The topological polar surface area (TPSA) is 80.7 Å². The Kier molecular flexibility index (Phi) is 5.73. The van der Waals surface area contributed by atoms with Crippen molar-refractivity contribution in [2.75, 3.05) is 6.61 Å². The van der Waals surface area contributed by atoms with Crippen LogP contribution >= 0.6 is 0 Å². The molecule has 0 amide bonds. The minimum atomic E-state index is -0.958. The van der Waals surface area contributed by atoms with Crippen LogP contribution in [0.1, 0.15) is 25.3 Å². The molecule has 0 bridgehead atoms. The fourth-order valence-corrected chi connectivity index (χ4v) is 1.50. The first-order valence-corrected chi connectivity index (χ1v) is 6.02. The second-order valence-electron chi connectivity index (χ2n) is 4.03. The van der Waals surface area contributed by atoms with Crippen LogP contribution in [0.15, 0.2) is 24.3 Å². The van der Waals surface area contributed by atoms with Crippen molar-refractivity contribution < 1.29 is 24.2 Å². The lowest BCUT2D eigenvalue weighted by atomic mass is 10.0. The second kappa shape index (κ2) is 7.31. The number of carbonyl (C=O) groups is 3. The van der Waals surface area contributed by atoms with Crippen molar-refractivity contribution in [2.24, 2.45) is 0 Å². The number of phenolic OH excluding ortho intramolecular Hbond substituents is 1. The molecule has 0 aromatic heterocycles. The van der Waals surface area contributed by atoms with Gasteiger partial charge in [0.2, 0.25) is 5.78 Å². The van der Waals surface area contributed by atoms with Crippen LogP contribution in [0.5, 0.6) is 5.75 Å². The first-order chi connectivity index (χ1) is 9.02. The summed E-state index contributed by atoms with van der Waals surface area (Å²) in [6, 6.07) is 6.47. The Balaban J connectivity index is 2.37. The zero-order valence-electron chi connectivity index (χ0n) is 10.7. The Hall–Kier alpha value is -2.17. The summed E-state index contributed by atoms with van der Waals surface area (Å²) >= 11 is 0. The molecule has 0 spiro atoms. The molecule has 1 N–H and O–H groups in total. The lowest BCUT2D eigenvalue weighted by Crippen LogP contribution is -2.20. The number of carbonyl (C=O) groups excluding carboxylic acids is 3. The summed E-state index contributed by atoms with van der Waals surface area (Å²) in [5.74, 6) is -1.91. The third-order valence-corrected chi connectivity index (χ3v) is 2.49. The monoisotopic (exact) mass is 264 g/mol. The fraction of sp³-hybridized carbons (Fsp3) is 0.357. The van der Waals surface area contributed by atoms with E-state index in [1.54, 1.807) is 19.1 Å². The highest BCUT2D eigenvalue weighted by atomic mass is 16.5. The lowest BCUT2D eigenvalue weighted by molar-refractivity contribution is -0.154. The van der Waals surface area contributed by atoms with Crippen molar-refractivity contribution in [3.05, 3.63) is 29.8 Å². The average molecular weight is 264 g/mol. The molecule has 0 aliphatic carbocycles. The highest BCUT2D eigenvalue weighted by Crippen LogP contribution is 2.11. The largest absolute Gasteiger partial charge is 0.508 e. The molecule has 5 heteroatoms. The first-order valence-electron chi connectivity index (χ1n) is 6.02. The van der Waals surface area contributed by atoms with Gasteiger partial charge in [0.15, 0.2) is 0 Å². The summed E-state index contributed by atoms with van der Waals surface area (Å²) < 4.78 is 4.51. The minimum Gasteiger partial charge on any atom is -0.508 e. The van der Waals surface area contributed by atoms with Gasteiger partial charge in [-0.25, -0.2) is 4.79 Å². The fourth-order valence-electron chi connectivity index (χ4n) is 1.50. The summed E-state index contributed by atoms with van der Waals surface area (Å²) in [4.78, 5) is 33.8. The van der Waals surface area contributed by atoms with Gasteiger partial charge >= 0.3 is 5.97 Å². The Morgan fingerprint density at radius 1 is 1.16 bits per heavy atom. The molecular weight excluding hydrogens is 248 g/mol. The molecule has 0 saturated carbocycles. The number of hydrogen-bond acceptors (Lipinski definition) is 5. The van der Waals surface area contributed by atoms with Gasteiger partial charge in [0.25, 0.3) is 0 Å². The normalized spacial score (nSPS) is 9.95. The molecule has 5 nitrogen and oxygen atoms in total. The predicted molar refractivity (Wildman–Crippen MR) is 67.7 cm³/mol. The molecule has 1 aromatic rings. The molecule has 0 radical (unpaired) electrons. The van der Waals surface area contributed by atoms with Crippen LogP contribution in [0.3, 0.4) is 0 Å². The van der Waals surface area contributed by atoms with E-state index >= 15 is 0 Å². The second-order valence-corrected chi connectivity index (χ2v) is 4.03. The lowest BCUT2D eigenvalue weighted by Gasteiger charge is -2.02. The quantitative estimate of drug-likeness (QED) is 0.457. The number of aromatic hydroxyl groups is 1. The van der Waals surface area contributed by atoms with Gasteiger partial charge in [0.1, 0.15) is 11.5 Å². The molecule has 0 unspecified atom stereocenters. The summed E-state index contributed by atoms with van der Waals surface area (Å²) in [6.07, 6.45) is 0.224. The zero-order valence-corrected chi connectivity index (χ0v) is 10.7. The van der Waals surface area contributed by atoms with Crippen molar-refractivity contribution in [2.45, 2.75) is 26.2 Å². The van der Waals surface area contributed by atoms with E-state index in [1.807, 2.05) is 0 Å². The molecule has 1 rings (SSSR count). The van der Waals surface area contributed by atoms with E-state index in [-0.39, 0.29) is 24.6 Å². The zero-order chi connectivity index (χ0) is 14.3. The van der Waals surface area contributed by atoms with E-state index < -0.39 is 18.2 Å². The first kappa shape index (κ1) is 14.9. The van der Waals surface area contributed by atoms with Gasteiger partial charge in [-0.2, -0.15) is 0 Å².